The molecule has 0 spiro atoms. The molecule has 1 heterocycles. The molecule has 1 aromatic rings. The molecule has 0 unspecified atom stereocenters. The molecule has 2 rings (SSSR count). The SMILES string of the molecule is CCOC(=O)/C(=N\Nc1ccc(Br)cc1)N1C[C@@H](C)O[C@@H](C)C1. The molecule has 126 valence electrons. The van der Waals surface area contributed by atoms with Crippen molar-refractivity contribution in [3.63, 3.8) is 0 Å². The molecule has 0 bridgehead atoms. The van der Waals surface area contributed by atoms with Gasteiger partial charge in [-0.1, -0.05) is 15.9 Å². The molecule has 23 heavy (non-hydrogen) atoms. The maximum atomic E-state index is 12.2. The second-order valence-corrected chi connectivity index (χ2v) is 6.35. The van der Waals surface area contributed by atoms with Gasteiger partial charge in [-0.05, 0) is 45.0 Å². The largest absolute Gasteiger partial charge is 0.460 e. The number of rotatable bonds is 3. The van der Waals surface area contributed by atoms with E-state index in [2.05, 4.69) is 26.5 Å². The van der Waals surface area contributed by atoms with Gasteiger partial charge in [-0.15, -0.1) is 5.10 Å². The number of amidine groups is 1. The Kier molecular flexibility index (Phi) is 6.41. The molecular formula is C16H22BrN3O3. The van der Waals surface area contributed by atoms with Gasteiger partial charge in [0, 0.05) is 17.6 Å². The summed E-state index contributed by atoms with van der Waals surface area (Å²) in [5, 5.41) is 4.28. The number of halogens is 1. The summed E-state index contributed by atoms with van der Waals surface area (Å²) in [7, 11) is 0. The van der Waals surface area contributed by atoms with Crippen molar-refractivity contribution in [1.82, 2.24) is 4.90 Å². The lowest BCUT2D eigenvalue weighted by molar-refractivity contribution is -0.136. The van der Waals surface area contributed by atoms with E-state index in [1.165, 1.54) is 0 Å². The molecule has 1 saturated heterocycles. The summed E-state index contributed by atoms with van der Waals surface area (Å²) in [4.78, 5) is 14.2. The Morgan fingerprint density at radius 3 is 2.52 bits per heavy atom. The number of hydrogen-bond donors (Lipinski definition) is 1. The molecule has 0 aliphatic carbocycles. The highest BCUT2D eigenvalue weighted by atomic mass is 79.9. The standard InChI is InChI=1S/C16H22BrN3O3/c1-4-22-16(21)15(20-9-11(2)23-12(3)10-20)19-18-14-7-5-13(17)6-8-14/h5-8,11-12,18H,4,9-10H2,1-3H3/b19-15+/t11-,12+. The zero-order valence-corrected chi connectivity index (χ0v) is 15.2. The minimum Gasteiger partial charge on any atom is -0.460 e. The molecule has 7 heteroatoms. The van der Waals surface area contributed by atoms with Gasteiger partial charge in [0.2, 0.25) is 5.84 Å². The minimum absolute atomic E-state index is 0.0334. The summed E-state index contributed by atoms with van der Waals surface area (Å²) in [6, 6.07) is 7.56. The van der Waals surface area contributed by atoms with Crippen LogP contribution in [0.25, 0.3) is 0 Å². The summed E-state index contributed by atoms with van der Waals surface area (Å²) in [5.41, 5.74) is 3.72. The van der Waals surface area contributed by atoms with Gasteiger partial charge in [0.25, 0.3) is 0 Å². The number of morpholine rings is 1. The molecule has 2 atom stereocenters. The lowest BCUT2D eigenvalue weighted by Crippen LogP contribution is -2.51. The number of esters is 1. The van der Waals surface area contributed by atoms with E-state index < -0.39 is 5.97 Å². The van der Waals surface area contributed by atoms with Crippen LogP contribution in [0.3, 0.4) is 0 Å². The maximum absolute atomic E-state index is 12.2. The maximum Gasteiger partial charge on any atom is 0.375 e. The number of benzene rings is 1. The summed E-state index contributed by atoms with van der Waals surface area (Å²) in [6.07, 6.45) is 0.0668. The fourth-order valence-corrected chi connectivity index (χ4v) is 2.70. The van der Waals surface area contributed by atoms with Crippen molar-refractivity contribution in [2.24, 2.45) is 5.10 Å². The Bertz CT molecular complexity index is 552. The van der Waals surface area contributed by atoms with Gasteiger partial charge in [-0.2, -0.15) is 0 Å². The van der Waals surface area contributed by atoms with Gasteiger partial charge in [-0.25, -0.2) is 4.79 Å². The second kappa shape index (κ2) is 8.31. The topological polar surface area (TPSA) is 63.2 Å². The van der Waals surface area contributed by atoms with Crippen LogP contribution in [-0.2, 0) is 14.3 Å². The van der Waals surface area contributed by atoms with E-state index in [9.17, 15) is 4.79 Å². The predicted octanol–water partition coefficient (Wildman–Crippen LogP) is 2.85. The van der Waals surface area contributed by atoms with Crippen molar-refractivity contribution in [1.29, 1.82) is 0 Å². The van der Waals surface area contributed by atoms with Crippen LogP contribution in [0.2, 0.25) is 0 Å². The highest BCUT2D eigenvalue weighted by Gasteiger charge is 2.29. The van der Waals surface area contributed by atoms with Crippen LogP contribution in [0.1, 0.15) is 20.8 Å². The van der Waals surface area contributed by atoms with E-state index in [-0.39, 0.29) is 18.0 Å². The first kappa shape index (κ1) is 17.7. The van der Waals surface area contributed by atoms with E-state index in [0.29, 0.717) is 19.7 Å². The lowest BCUT2D eigenvalue weighted by Gasteiger charge is -2.36. The Labute approximate surface area is 145 Å². The zero-order chi connectivity index (χ0) is 16.8. The van der Waals surface area contributed by atoms with Crippen molar-refractivity contribution in [2.45, 2.75) is 33.0 Å². The Morgan fingerprint density at radius 1 is 1.35 bits per heavy atom. The molecular weight excluding hydrogens is 362 g/mol. The number of hydrazone groups is 1. The van der Waals surface area contributed by atoms with Crippen LogP contribution in [0, 0.1) is 0 Å². The van der Waals surface area contributed by atoms with Gasteiger partial charge in [0.15, 0.2) is 0 Å². The van der Waals surface area contributed by atoms with E-state index in [0.717, 1.165) is 10.2 Å². The fraction of sp³-hybridized carbons (Fsp3) is 0.500. The number of carbonyl (C=O) groups excluding carboxylic acids is 1. The van der Waals surface area contributed by atoms with Crippen LogP contribution in [0.5, 0.6) is 0 Å². The van der Waals surface area contributed by atoms with E-state index >= 15 is 0 Å². The minimum atomic E-state index is -0.432. The summed E-state index contributed by atoms with van der Waals surface area (Å²) in [6.45, 7) is 7.25. The normalized spacial score (nSPS) is 21.9. The molecule has 0 saturated carbocycles. The Morgan fingerprint density at radius 2 is 1.96 bits per heavy atom. The predicted molar refractivity (Wildman–Crippen MR) is 93.4 cm³/mol. The zero-order valence-electron chi connectivity index (χ0n) is 13.6. The number of nitrogens with one attached hydrogen (secondary N) is 1. The molecule has 1 fully saturated rings. The van der Waals surface area contributed by atoms with Gasteiger partial charge < -0.3 is 14.4 Å². The Balaban J connectivity index is 2.17. The second-order valence-electron chi connectivity index (χ2n) is 5.44. The number of nitrogens with zero attached hydrogens (tertiary/aromatic N) is 2. The first-order chi connectivity index (χ1) is 11.0. The fourth-order valence-electron chi connectivity index (χ4n) is 2.43. The molecule has 1 aliphatic rings. The van der Waals surface area contributed by atoms with Crippen molar-refractivity contribution in [3.8, 4) is 0 Å². The molecule has 6 nitrogen and oxygen atoms in total. The molecule has 0 aromatic heterocycles. The smallest absolute Gasteiger partial charge is 0.375 e. The summed E-state index contributed by atoms with van der Waals surface area (Å²) in [5.74, 6) is -0.157. The van der Waals surface area contributed by atoms with Crippen LogP contribution in [-0.4, -0.2) is 48.6 Å². The molecule has 1 aromatic carbocycles. The number of ether oxygens (including phenoxy) is 2. The van der Waals surface area contributed by atoms with Crippen LogP contribution in [0.15, 0.2) is 33.8 Å². The first-order valence-electron chi connectivity index (χ1n) is 7.66. The van der Waals surface area contributed by atoms with Crippen molar-refractivity contribution in [3.05, 3.63) is 28.7 Å². The highest BCUT2D eigenvalue weighted by molar-refractivity contribution is 9.10. The van der Waals surface area contributed by atoms with Crippen LogP contribution < -0.4 is 5.43 Å². The van der Waals surface area contributed by atoms with Crippen LogP contribution in [0.4, 0.5) is 5.69 Å². The van der Waals surface area contributed by atoms with E-state index in [1.54, 1.807) is 6.92 Å². The monoisotopic (exact) mass is 383 g/mol. The van der Waals surface area contributed by atoms with Crippen molar-refractivity contribution >= 4 is 33.4 Å². The number of carbonyl (C=O) groups is 1. The summed E-state index contributed by atoms with van der Waals surface area (Å²) >= 11 is 3.39. The van der Waals surface area contributed by atoms with Crippen LogP contribution >= 0.6 is 15.9 Å². The van der Waals surface area contributed by atoms with E-state index in [1.807, 2.05) is 43.0 Å². The van der Waals surface area contributed by atoms with E-state index in [4.69, 9.17) is 9.47 Å². The quantitative estimate of drug-likeness (QED) is 0.376. The lowest BCUT2D eigenvalue weighted by atomic mass is 10.2. The van der Waals surface area contributed by atoms with Gasteiger partial charge in [0.1, 0.15) is 0 Å². The Hall–Kier alpha value is -1.60. The van der Waals surface area contributed by atoms with Crippen molar-refractivity contribution in [2.75, 3.05) is 25.1 Å². The highest BCUT2D eigenvalue weighted by Crippen LogP contribution is 2.15. The van der Waals surface area contributed by atoms with Crippen molar-refractivity contribution < 1.29 is 14.3 Å². The number of anilines is 1. The molecule has 0 radical (unpaired) electrons. The molecule has 0 amide bonds. The average Bonchev–Trinajstić information content (AvgIpc) is 2.48. The first-order valence-corrected chi connectivity index (χ1v) is 8.45. The average molecular weight is 384 g/mol. The number of hydrogen-bond acceptors (Lipinski definition) is 5. The molecule has 1 aliphatic heterocycles. The third-order valence-corrected chi connectivity index (χ3v) is 3.84. The van der Waals surface area contributed by atoms with Gasteiger partial charge >= 0.3 is 5.97 Å². The molecule has 1 N–H and O–H groups in total. The third-order valence-electron chi connectivity index (χ3n) is 3.31. The van der Waals surface area contributed by atoms with Gasteiger partial charge in [0.05, 0.1) is 24.5 Å². The summed E-state index contributed by atoms with van der Waals surface area (Å²) < 4.78 is 11.8. The third kappa shape index (κ3) is 5.21. The van der Waals surface area contributed by atoms with Gasteiger partial charge in [-0.3, -0.25) is 5.43 Å².